The Morgan fingerprint density at radius 2 is 1.23 bits per heavy atom. The SMILES string of the molecule is O=C(CC(CCCc1ccccc1)Cc1ccccc1)c1ccccc1. The predicted molar refractivity (Wildman–Crippen MR) is 108 cm³/mol. The molecule has 0 bridgehead atoms. The topological polar surface area (TPSA) is 17.1 Å². The summed E-state index contributed by atoms with van der Waals surface area (Å²) in [5.41, 5.74) is 3.52. The summed E-state index contributed by atoms with van der Waals surface area (Å²) >= 11 is 0. The summed E-state index contributed by atoms with van der Waals surface area (Å²) in [5, 5.41) is 0. The lowest BCUT2D eigenvalue weighted by Gasteiger charge is -2.17. The molecule has 26 heavy (non-hydrogen) atoms. The maximum atomic E-state index is 12.7. The van der Waals surface area contributed by atoms with Crippen LogP contribution in [-0.2, 0) is 12.8 Å². The van der Waals surface area contributed by atoms with Crippen molar-refractivity contribution in [3.63, 3.8) is 0 Å². The highest BCUT2D eigenvalue weighted by atomic mass is 16.1. The fourth-order valence-corrected chi connectivity index (χ4v) is 3.47. The predicted octanol–water partition coefficient (Wildman–Crippen LogP) is 6.14. The van der Waals surface area contributed by atoms with E-state index < -0.39 is 0 Å². The van der Waals surface area contributed by atoms with Gasteiger partial charge in [-0.2, -0.15) is 0 Å². The third-order valence-electron chi connectivity index (χ3n) is 4.86. The quantitative estimate of drug-likeness (QED) is 0.427. The van der Waals surface area contributed by atoms with Crippen LogP contribution < -0.4 is 0 Å². The van der Waals surface area contributed by atoms with Crippen LogP contribution in [0.2, 0.25) is 0 Å². The molecular formula is C25H26O. The first-order chi connectivity index (χ1) is 12.8. The maximum absolute atomic E-state index is 12.7. The lowest BCUT2D eigenvalue weighted by molar-refractivity contribution is 0.0958. The number of carbonyl (C=O) groups excluding carboxylic acids is 1. The van der Waals surface area contributed by atoms with Gasteiger partial charge in [-0.1, -0.05) is 91.0 Å². The molecule has 1 unspecified atom stereocenters. The molecule has 3 rings (SSSR count). The van der Waals surface area contributed by atoms with E-state index in [0.29, 0.717) is 12.3 Å². The molecule has 1 atom stereocenters. The molecule has 132 valence electrons. The van der Waals surface area contributed by atoms with Crippen molar-refractivity contribution in [1.29, 1.82) is 0 Å². The van der Waals surface area contributed by atoms with Crippen LogP contribution in [-0.4, -0.2) is 5.78 Å². The van der Waals surface area contributed by atoms with E-state index in [1.54, 1.807) is 0 Å². The third kappa shape index (κ3) is 5.70. The number of ketones is 1. The molecule has 3 aromatic rings. The number of hydrogen-bond acceptors (Lipinski definition) is 1. The Hall–Kier alpha value is -2.67. The Balaban J connectivity index is 1.62. The number of hydrogen-bond donors (Lipinski definition) is 0. The van der Waals surface area contributed by atoms with Crippen LogP contribution in [0.1, 0.15) is 40.7 Å². The second-order valence-corrected chi connectivity index (χ2v) is 6.93. The number of aryl methyl sites for hydroxylation is 1. The molecule has 0 aromatic heterocycles. The van der Waals surface area contributed by atoms with Crippen molar-refractivity contribution in [2.24, 2.45) is 5.92 Å². The van der Waals surface area contributed by atoms with Crippen molar-refractivity contribution in [2.45, 2.75) is 32.1 Å². The van der Waals surface area contributed by atoms with Crippen LogP contribution in [0.5, 0.6) is 0 Å². The molecule has 1 nitrogen and oxygen atoms in total. The average molecular weight is 342 g/mol. The van der Waals surface area contributed by atoms with E-state index in [-0.39, 0.29) is 5.78 Å². The molecule has 0 saturated heterocycles. The van der Waals surface area contributed by atoms with Crippen LogP contribution in [0, 0.1) is 5.92 Å². The van der Waals surface area contributed by atoms with Crippen molar-refractivity contribution in [3.05, 3.63) is 108 Å². The zero-order valence-electron chi connectivity index (χ0n) is 15.2. The van der Waals surface area contributed by atoms with Gasteiger partial charge in [-0.3, -0.25) is 4.79 Å². The van der Waals surface area contributed by atoms with E-state index in [2.05, 4.69) is 54.6 Å². The summed E-state index contributed by atoms with van der Waals surface area (Å²) in [4.78, 5) is 12.7. The number of carbonyl (C=O) groups is 1. The summed E-state index contributed by atoms with van der Waals surface area (Å²) in [6.45, 7) is 0. The molecule has 0 spiro atoms. The van der Waals surface area contributed by atoms with Gasteiger partial charge >= 0.3 is 0 Å². The number of benzene rings is 3. The highest BCUT2D eigenvalue weighted by molar-refractivity contribution is 5.96. The number of rotatable bonds is 9. The van der Waals surface area contributed by atoms with Gasteiger partial charge in [0.05, 0.1) is 0 Å². The lowest BCUT2D eigenvalue weighted by Crippen LogP contribution is -2.12. The second-order valence-electron chi connectivity index (χ2n) is 6.93. The molecule has 0 amide bonds. The van der Waals surface area contributed by atoms with Gasteiger partial charge in [-0.05, 0) is 42.7 Å². The molecule has 0 aliphatic heterocycles. The zero-order chi connectivity index (χ0) is 18.0. The van der Waals surface area contributed by atoms with Crippen molar-refractivity contribution in [2.75, 3.05) is 0 Å². The minimum atomic E-state index is 0.256. The van der Waals surface area contributed by atoms with Crippen LogP contribution in [0.15, 0.2) is 91.0 Å². The Labute approximate surface area is 156 Å². The monoisotopic (exact) mass is 342 g/mol. The summed E-state index contributed by atoms with van der Waals surface area (Å²) in [6.07, 6.45) is 4.85. The van der Waals surface area contributed by atoms with Crippen molar-refractivity contribution >= 4 is 5.78 Å². The van der Waals surface area contributed by atoms with E-state index in [0.717, 1.165) is 31.2 Å². The number of Topliss-reactive ketones (excluding diaryl/α,β-unsaturated/α-hetero) is 1. The van der Waals surface area contributed by atoms with Gasteiger partial charge in [0.15, 0.2) is 5.78 Å². The van der Waals surface area contributed by atoms with Crippen molar-refractivity contribution in [3.8, 4) is 0 Å². The fourth-order valence-electron chi connectivity index (χ4n) is 3.47. The van der Waals surface area contributed by atoms with Crippen LogP contribution >= 0.6 is 0 Å². The van der Waals surface area contributed by atoms with Crippen LogP contribution in [0.3, 0.4) is 0 Å². The highest BCUT2D eigenvalue weighted by Crippen LogP contribution is 2.21. The van der Waals surface area contributed by atoms with Crippen molar-refractivity contribution < 1.29 is 4.79 Å². The normalized spacial score (nSPS) is 11.8. The zero-order valence-corrected chi connectivity index (χ0v) is 15.2. The minimum Gasteiger partial charge on any atom is -0.294 e. The Bertz CT molecular complexity index is 778. The molecule has 0 aliphatic rings. The third-order valence-corrected chi connectivity index (χ3v) is 4.86. The first-order valence-corrected chi connectivity index (χ1v) is 9.47. The summed E-state index contributed by atoms with van der Waals surface area (Å²) in [5.74, 6) is 0.639. The average Bonchev–Trinajstić information content (AvgIpc) is 2.70. The fraction of sp³-hybridized carbons (Fsp3) is 0.240. The first kappa shape index (κ1) is 18.1. The maximum Gasteiger partial charge on any atom is 0.163 e. The second kappa shape index (κ2) is 9.72. The van der Waals surface area contributed by atoms with E-state index in [1.165, 1.54) is 11.1 Å². The molecular weight excluding hydrogens is 316 g/mol. The van der Waals surface area contributed by atoms with Gasteiger partial charge in [0.2, 0.25) is 0 Å². The molecule has 0 fully saturated rings. The van der Waals surface area contributed by atoms with Crippen LogP contribution in [0.25, 0.3) is 0 Å². The van der Waals surface area contributed by atoms with Gasteiger partial charge in [0, 0.05) is 12.0 Å². The van der Waals surface area contributed by atoms with E-state index >= 15 is 0 Å². The smallest absolute Gasteiger partial charge is 0.163 e. The molecule has 3 aromatic carbocycles. The minimum absolute atomic E-state index is 0.256. The summed E-state index contributed by atoms with van der Waals surface area (Å²) < 4.78 is 0. The summed E-state index contributed by atoms with van der Waals surface area (Å²) in [6, 6.07) is 30.8. The first-order valence-electron chi connectivity index (χ1n) is 9.47. The Morgan fingerprint density at radius 1 is 0.692 bits per heavy atom. The van der Waals surface area contributed by atoms with E-state index in [1.807, 2.05) is 36.4 Å². The molecule has 0 N–H and O–H groups in total. The van der Waals surface area contributed by atoms with E-state index in [4.69, 9.17) is 0 Å². The van der Waals surface area contributed by atoms with Gasteiger partial charge in [-0.15, -0.1) is 0 Å². The Morgan fingerprint density at radius 3 is 1.85 bits per heavy atom. The van der Waals surface area contributed by atoms with E-state index in [9.17, 15) is 4.79 Å². The standard InChI is InChI=1S/C25H26O/c26-25(24-17-8-3-9-18-24)20-23(19-22-13-6-2-7-14-22)16-10-15-21-11-4-1-5-12-21/h1-9,11-14,17-18,23H,10,15-16,19-20H2. The van der Waals surface area contributed by atoms with Gasteiger partial charge in [0.1, 0.15) is 0 Å². The molecule has 0 saturated carbocycles. The van der Waals surface area contributed by atoms with Crippen LogP contribution in [0.4, 0.5) is 0 Å². The molecule has 0 radical (unpaired) electrons. The molecule has 1 heteroatoms. The molecule has 0 aliphatic carbocycles. The van der Waals surface area contributed by atoms with Gasteiger partial charge in [-0.25, -0.2) is 0 Å². The van der Waals surface area contributed by atoms with Crippen molar-refractivity contribution in [1.82, 2.24) is 0 Å². The summed E-state index contributed by atoms with van der Waals surface area (Å²) in [7, 11) is 0. The highest BCUT2D eigenvalue weighted by Gasteiger charge is 2.16. The Kier molecular flexibility index (Phi) is 6.78. The largest absolute Gasteiger partial charge is 0.294 e. The lowest BCUT2D eigenvalue weighted by atomic mass is 9.87. The van der Waals surface area contributed by atoms with Gasteiger partial charge in [0.25, 0.3) is 0 Å². The van der Waals surface area contributed by atoms with Gasteiger partial charge < -0.3 is 0 Å². The molecule has 0 heterocycles.